The molecule has 0 radical (unpaired) electrons. The Morgan fingerprint density at radius 3 is 2.54 bits per heavy atom. The molecule has 0 saturated carbocycles. The van der Waals surface area contributed by atoms with E-state index < -0.39 is 0 Å². The minimum Gasteiger partial charge on any atom is -0.332 e. The SMILES string of the molecule is Cc1csc(Nc2ccc(NC(=O)CC(C)C3CCNCC3)cc2)n1.Cl. The van der Waals surface area contributed by atoms with Crippen molar-refractivity contribution in [3.63, 3.8) is 0 Å². The summed E-state index contributed by atoms with van der Waals surface area (Å²) in [5, 5.41) is 12.6. The third-order valence-electron chi connectivity index (χ3n) is 4.73. The number of nitrogens with zero attached hydrogens (tertiary/aromatic N) is 1. The van der Waals surface area contributed by atoms with E-state index in [-0.39, 0.29) is 18.3 Å². The van der Waals surface area contributed by atoms with Crippen molar-refractivity contribution in [1.82, 2.24) is 10.3 Å². The van der Waals surface area contributed by atoms with Crippen LogP contribution in [0.3, 0.4) is 0 Å². The summed E-state index contributed by atoms with van der Waals surface area (Å²) >= 11 is 1.58. The molecule has 1 aromatic carbocycles. The Morgan fingerprint density at radius 2 is 1.92 bits per heavy atom. The summed E-state index contributed by atoms with van der Waals surface area (Å²) in [6.07, 6.45) is 2.93. The second kappa shape index (κ2) is 9.90. The number of anilines is 3. The van der Waals surface area contributed by atoms with Gasteiger partial charge in [0.05, 0.1) is 5.69 Å². The van der Waals surface area contributed by atoms with Crippen LogP contribution in [0.5, 0.6) is 0 Å². The van der Waals surface area contributed by atoms with Crippen LogP contribution in [0.4, 0.5) is 16.5 Å². The number of benzene rings is 1. The summed E-state index contributed by atoms with van der Waals surface area (Å²) in [5.41, 5.74) is 2.82. The van der Waals surface area contributed by atoms with Crippen molar-refractivity contribution < 1.29 is 4.79 Å². The number of thiazole rings is 1. The summed E-state index contributed by atoms with van der Waals surface area (Å²) in [7, 11) is 0. The Morgan fingerprint density at radius 1 is 1.27 bits per heavy atom. The summed E-state index contributed by atoms with van der Waals surface area (Å²) in [4.78, 5) is 16.7. The number of rotatable bonds is 6. The van der Waals surface area contributed by atoms with Crippen LogP contribution >= 0.6 is 23.7 Å². The molecule has 0 aliphatic carbocycles. The van der Waals surface area contributed by atoms with Crippen LogP contribution in [-0.2, 0) is 4.79 Å². The topological polar surface area (TPSA) is 66.0 Å². The van der Waals surface area contributed by atoms with Gasteiger partial charge in [0, 0.05) is 23.2 Å². The quantitative estimate of drug-likeness (QED) is 0.670. The maximum absolute atomic E-state index is 12.3. The molecule has 1 saturated heterocycles. The molecule has 1 atom stereocenters. The van der Waals surface area contributed by atoms with E-state index in [1.165, 1.54) is 12.8 Å². The molecule has 2 heterocycles. The van der Waals surface area contributed by atoms with Crippen LogP contribution < -0.4 is 16.0 Å². The normalized spacial score (nSPS) is 15.8. The maximum atomic E-state index is 12.3. The number of nitrogens with one attached hydrogen (secondary N) is 3. The first-order chi connectivity index (χ1) is 12.1. The van der Waals surface area contributed by atoms with Gasteiger partial charge in [0.2, 0.25) is 5.91 Å². The second-order valence-corrected chi connectivity index (χ2v) is 7.67. The van der Waals surface area contributed by atoms with Crippen LogP contribution in [0.25, 0.3) is 0 Å². The largest absolute Gasteiger partial charge is 0.332 e. The lowest BCUT2D eigenvalue weighted by Crippen LogP contribution is -2.32. The molecule has 3 N–H and O–H groups in total. The van der Waals surface area contributed by atoms with Gasteiger partial charge in [-0.15, -0.1) is 23.7 Å². The lowest BCUT2D eigenvalue weighted by Gasteiger charge is -2.27. The highest BCUT2D eigenvalue weighted by Gasteiger charge is 2.21. The highest BCUT2D eigenvalue weighted by atomic mass is 35.5. The Labute approximate surface area is 165 Å². The zero-order chi connectivity index (χ0) is 17.6. The minimum atomic E-state index is 0. The van der Waals surface area contributed by atoms with Gasteiger partial charge in [-0.3, -0.25) is 4.79 Å². The number of halogens is 1. The van der Waals surface area contributed by atoms with Crippen LogP contribution in [0.15, 0.2) is 29.6 Å². The molecule has 7 heteroatoms. The Balaban J connectivity index is 0.00000243. The van der Waals surface area contributed by atoms with E-state index in [2.05, 4.69) is 27.9 Å². The molecular weight excluding hydrogens is 368 g/mol. The average molecular weight is 395 g/mol. The van der Waals surface area contributed by atoms with Gasteiger partial charge in [0.1, 0.15) is 0 Å². The van der Waals surface area contributed by atoms with Gasteiger partial charge in [-0.05, 0) is 69.0 Å². The van der Waals surface area contributed by atoms with Crippen molar-refractivity contribution in [3.8, 4) is 0 Å². The predicted molar refractivity (Wildman–Crippen MR) is 112 cm³/mol. The molecule has 1 amide bonds. The predicted octanol–water partition coefficient (Wildman–Crippen LogP) is 4.58. The molecule has 5 nitrogen and oxygen atoms in total. The van der Waals surface area contributed by atoms with Crippen molar-refractivity contribution >= 4 is 46.2 Å². The van der Waals surface area contributed by atoms with E-state index in [4.69, 9.17) is 0 Å². The number of aryl methyl sites for hydroxylation is 1. The van der Waals surface area contributed by atoms with E-state index in [1.807, 2.05) is 36.6 Å². The van der Waals surface area contributed by atoms with E-state index in [1.54, 1.807) is 11.3 Å². The first kappa shape index (κ1) is 20.7. The van der Waals surface area contributed by atoms with Crippen LogP contribution in [0, 0.1) is 18.8 Å². The standard InChI is InChI=1S/C19H26N4OS.ClH/c1-13(15-7-9-20-10-8-15)11-18(24)22-16-3-5-17(6-4-16)23-19-21-14(2)12-25-19;/h3-6,12-13,15,20H,7-11H2,1-2H3,(H,21,23)(H,22,24);1H. The van der Waals surface area contributed by atoms with Gasteiger partial charge in [-0.2, -0.15) is 0 Å². The summed E-state index contributed by atoms with van der Waals surface area (Å²) < 4.78 is 0. The fourth-order valence-corrected chi connectivity index (χ4v) is 3.96. The van der Waals surface area contributed by atoms with Crippen molar-refractivity contribution in [2.75, 3.05) is 23.7 Å². The first-order valence-corrected chi connectivity index (χ1v) is 9.78. The highest BCUT2D eigenvalue weighted by Crippen LogP contribution is 2.25. The summed E-state index contributed by atoms with van der Waals surface area (Å²) in [6, 6.07) is 7.77. The van der Waals surface area contributed by atoms with Crippen LogP contribution in [-0.4, -0.2) is 24.0 Å². The smallest absolute Gasteiger partial charge is 0.224 e. The van der Waals surface area contributed by atoms with E-state index in [9.17, 15) is 4.79 Å². The van der Waals surface area contributed by atoms with Crippen molar-refractivity contribution in [1.29, 1.82) is 0 Å². The maximum Gasteiger partial charge on any atom is 0.224 e. The molecule has 26 heavy (non-hydrogen) atoms. The summed E-state index contributed by atoms with van der Waals surface area (Å²) in [6.45, 7) is 6.32. The molecule has 1 aliphatic rings. The monoisotopic (exact) mass is 394 g/mol. The Hall–Kier alpha value is -1.63. The van der Waals surface area contributed by atoms with Gasteiger partial charge in [0.25, 0.3) is 0 Å². The van der Waals surface area contributed by atoms with Gasteiger partial charge in [-0.1, -0.05) is 6.92 Å². The molecule has 1 aliphatic heterocycles. The number of amides is 1. The highest BCUT2D eigenvalue weighted by molar-refractivity contribution is 7.13. The molecule has 0 spiro atoms. The Bertz CT molecular complexity index is 698. The number of aromatic nitrogens is 1. The van der Waals surface area contributed by atoms with Gasteiger partial charge in [0.15, 0.2) is 5.13 Å². The molecule has 1 aromatic heterocycles. The lowest BCUT2D eigenvalue weighted by atomic mass is 9.84. The van der Waals surface area contributed by atoms with Gasteiger partial charge >= 0.3 is 0 Å². The third kappa shape index (κ3) is 5.97. The lowest BCUT2D eigenvalue weighted by molar-refractivity contribution is -0.117. The first-order valence-electron chi connectivity index (χ1n) is 8.90. The van der Waals surface area contributed by atoms with Crippen molar-refractivity contribution in [2.45, 2.75) is 33.1 Å². The molecule has 3 rings (SSSR count). The molecule has 1 fully saturated rings. The fourth-order valence-electron chi connectivity index (χ4n) is 3.26. The number of carbonyl (C=O) groups excluding carboxylic acids is 1. The molecule has 0 bridgehead atoms. The van der Waals surface area contributed by atoms with E-state index in [0.29, 0.717) is 18.3 Å². The van der Waals surface area contributed by atoms with Gasteiger partial charge in [-0.25, -0.2) is 4.98 Å². The molecule has 2 aromatic rings. The van der Waals surface area contributed by atoms with Crippen molar-refractivity contribution in [3.05, 3.63) is 35.3 Å². The van der Waals surface area contributed by atoms with Gasteiger partial charge < -0.3 is 16.0 Å². The fraction of sp³-hybridized carbons (Fsp3) is 0.474. The second-order valence-electron chi connectivity index (χ2n) is 6.81. The van der Waals surface area contributed by atoms with E-state index >= 15 is 0 Å². The summed E-state index contributed by atoms with van der Waals surface area (Å²) in [5.74, 6) is 1.18. The Kier molecular flexibility index (Phi) is 7.87. The zero-order valence-electron chi connectivity index (χ0n) is 15.2. The van der Waals surface area contributed by atoms with Crippen LogP contribution in [0.1, 0.15) is 31.9 Å². The number of hydrogen-bond acceptors (Lipinski definition) is 5. The average Bonchev–Trinajstić information content (AvgIpc) is 3.02. The van der Waals surface area contributed by atoms with Crippen molar-refractivity contribution in [2.24, 2.45) is 11.8 Å². The van der Waals surface area contributed by atoms with E-state index in [0.717, 1.165) is 35.3 Å². The number of piperidine rings is 1. The zero-order valence-corrected chi connectivity index (χ0v) is 16.9. The number of hydrogen-bond donors (Lipinski definition) is 3. The molecule has 1 unspecified atom stereocenters. The molecule has 142 valence electrons. The third-order valence-corrected chi connectivity index (χ3v) is 5.61. The minimum absolute atomic E-state index is 0. The molecular formula is C19H27ClN4OS. The number of carbonyl (C=O) groups is 1. The van der Waals surface area contributed by atoms with Crippen LogP contribution in [0.2, 0.25) is 0 Å².